The molecular weight excluding hydrogens is 674 g/mol. The van der Waals surface area contributed by atoms with Gasteiger partial charge in [0.25, 0.3) is 0 Å². The molecule has 2 fully saturated rings. The largest absolute Gasteiger partial charge is 0.465 e. The number of likely N-dealkylation sites (tertiary alicyclic amines) is 1. The number of piperidine rings is 1. The van der Waals surface area contributed by atoms with Crippen LogP contribution in [0.2, 0.25) is 0 Å². The molecule has 3 aliphatic rings. The molecule has 1 atom stereocenters. The Morgan fingerprint density at radius 2 is 1.83 bits per heavy atom. The molecule has 1 aromatic heterocycles. The second kappa shape index (κ2) is 15.6. The number of hydrogen-bond acceptors (Lipinski definition) is 9. The number of fused-ring (bicyclic) bond motifs is 1. The minimum Gasteiger partial charge on any atom is -0.465 e. The Hall–Kier alpha value is -2.41. The summed E-state index contributed by atoms with van der Waals surface area (Å²) in [7, 11) is -3.54. The molecule has 0 bridgehead atoms. The van der Waals surface area contributed by atoms with Crippen LogP contribution in [0.4, 0.5) is 18.0 Å². The maximum atomic E-state index is 14.1. The van der Waals surface area contributed by atoms with Crippen molar-refractivity contribution in [2.75, 3.05) is 77.6 Å². The average Bonchev–Trinajstić information content (AvgIpc) is 3.39. The highest BCUT2D eigenvalue weighted by molar-refractivity contribution is 7.99. The zero-order valence-electron chi connectivity index (χ0n) is 27.4. The lowest BCUT2D eigenvalue weighted by atomic mass is 10.0. The number of alkyl halides is 3. The van der Waals surface area contributed by atoms with Gasteiger partial charge in [0.2, 0.25) is 10.0 Å². The summed E-state index contributed by atoms with van der Waals surface area (Å²) < 4.78 is 75.6. The molecule has 12 nitrogen and oxygen atoms in total. The SMILES string of the molecule is CCN(C(=O)O)C1CCN(CC(O)Cn2nc(-c3ccc(C(F)(F)F)c(SCCN4CCOCC4)c3)c3c2CCN(S(C)(=O)=O)C3)CC1. The fourth-order valence-electron chi connectivity index (χ4n) is 6.78. The van der Waals surface area contributed by atoms with E-state index in [0.717, 1.165) is 42.9 Å². The molecule has 0 aliphatic carbocycles. The van der Waals surface area contributed by atoms with Gasteiger partial charge in [0.1, 0.15) is 0 Å². The summed E-state index contributed by atoms with van der Waals surface area (Å²) >= 11 is 1.14. The number of sulfonamides is 1. The van der Waals surface area contributed by atoms with Gasteiger partial charge >= 0.3 is 12.3 Å². The van der Waals surface area contributed by atoms with Crippen molar-refractivity contribution in [3.8, 4) is 11.3 Å². The van der Waals surface area contributed by atoms with Crippen molar-refractivity contribution in [3.05, 3.63) is 35.0 Å². The first kappa shape index (κ1) is 36.9. The number of halogens is 3. The monoisotopic (exact) mass is 718 g/mol. The maximum absolute atomic E-state index is 14.1. The van der Waals surface area contributed by atoms with Gasteiger partial charge < -0.3 is 24.7 Å². The molecule has 48 heavy (non-hydrogen) atoms. The third-order valence-corrected chi connectivity index (χ3v) is 11.6. The van der Waals surface area contributed by atoms with E-state index in [9.17, 15) is 36.6 Å². The first-order valence-corrected chi connectivity index (χ1v) is 19.2. The summed E-state index contributed by atoms with van der Waals surface area (Å²) in [6.45, 7) is 7.52. The molecule has 1 amide bonds. The summed E-state index contributed by atoms with van der Waals surface area (Å²) in [4.78, 5) is 17.3. The Labute approximate surface area is 283 Å². The molecule has 2 N–H and O–H groups in total. The second-order valence-electron chi connectivity index (χ2n) is 12.6. The molecule has 5 rings (SSSR count). The molecule has 2 saturated heterocycles. The zero-order valence-corrected chi connectivity index (χ0v) is 29.0. The molecular formula is C31H45F3N6O6S2. The third kappa shape index (κ3) is 9.03. The number of nitrogens with zero attached hydrogens (tertiary/aromatic N) is 6. The molecule has 268 valence electrons. The van der Waals surface area contributed by atoms with Crippen molar-refractivity contribution >= 4 is 27.9 Å². The van der Waals surface area contributed by atoms with E-state index in [1.807, 2.05) is 6.92 Å². The summed E-state index contributed by atoms with van der Waals surface area (Å²) in [6, 6.07) is 3.89. The summed E-state index contributed by atoms with van der Waals surface area (Å²) in [5, 5.41) is 25.4. The average molecular weight is 719 g/mol. The highest BCUT2D eigenvalue weighted by Crippen LogP contribution is 2.40. The van der Waals surface area contributed by atoms with E-state index in [1.54, 1.807) is 4.68 Å². The number of aromatic nitrogens is 2. The molecule has 3 aliphatic heterocycles. The van der Waals surface area contributed by atoms with Crippen LogP contribution in [-0.4, -0.2) is 143 Å². The molecule has 4 heterocycles. The second-order valence-corrected chi connectivity index (χ2v) is 15.7. The molecule has 0 saturated carbocycles. The topological polar surface area (TPSA) is 132 Å². The normalized spacial score (nSPS) is 19.7. The van der Waals surface area contributed by atoms with Crippen LogP contribution in [0.5, 0.6) is 0 Å². The number of aliphatic hydroxyl groups excluding tert-OH is 1. The van der Waals surface area contributed by atoms with Crippen molar-refractivity contribution in [2.45, 2.75) is 62.5 Å². The van der Waals surface area contributed by atoms with Crippen LogP contribution in [0, 0.1) is 0 Å². The van der Waals surface area contributed by atoms with Crippen LogP contribution in [0.3, 0.4) is 0 Å². The third-order valence-electron chi connectivity index (χ3n) is 9.33. The van der Waals surface area contributed by atoms with E-state index in [-0.39, 0.29) is 30.6 Å². The van der Waals surface area contributed by atoms with Crippen LogP contribution in [-0.2, 0) is 40.4 Å². The lowest BCUT2D eigenvalue weighted by Crippen LogP contribution is -2.48. The summed E-state index contributed by atoms with van der Waals surface area (Å²) in [6.07, 6.45) is -3.51. The number of β-amino-alcohol motifs (C(OH)–C–C–N with tert-alkyl or cyclic N) is 1. The quantitative estimate of drug-likeness (QED) is 0.316. The van der Waals surface area contributed by atoms with E-state index in [4.69, 9.17) is 9.84 Å². The van der Waals surface area contributed by atoms with Gasteiger partial charge in [-0.05, 0) is 31.9 Å². The summed E-state index contributed by atoms with van der Waals surface area (Å²) in [5.41, 5.74) is 1.51. The Morgan fingerprint density at radius 3 is 2.46 bits per heavy atom. The number of carbonyl (C=O) groups is 1. The molecule has 1 aromatic carbocycles. The van der Waals surface area contributed by atoms with Crippen LogP contribution in [0.1, 0.15) is 36.6 Å². The highest BCUT2D eigenvalue weighted by atomic mass is 32.2. The number of ether oxygens (including phenoxy) is 1. The number of benzene rings is 1. The molecule has 1 unspecified atom stereocenters. The van der Waals surface area contributed by atoms with Crippen LogP contribution in [0.25, 0.3) is 11.3 Å². The van der Waals surface area contributed by atoms with Crippen molar-refractivity contribution in [3.63, 3.8) is 0 Å². The Morgan fingerprint density at radius 1 is 1.12 bits per heavy atom. The first-order valence-electron chi connectivity index (χ1n) is 16.3. The number of thioether (sulfide) groups is 1. The maximum Gasteiger partial charge on any atom is 0.417 e. The number of hydrogen-bond donors (Lipinski definition) is 2. The zero-order chi connectivity index (χ0) is 34.6. The number of carboxylic acid groups (broad SMARTS) is 1. The van der Waals surface area contributed by atoms with Gasteiger partial charge in [-0.3, -0.25) is 9.58 Å². The van der Waals surface area contributed by atoms with E-state index in [1.165, 1.54) is 21.3 Å². The minimum atomic E-state index is -4.55. The number of rotatable bonds is 12. The number of aliphatic hydroxyl groups is 1. The van der Waals surface area contributed by atoms with Gasteiger partial charge in [-0.15, -0.1) is 11.8 Å². The number of morpholine rings is 1. The molecule has 17 heteroatoms. The van der Waals surface area contributed by atoms with Gasteiger partial charge in [-0.2, -0.15) is 22.6 Å². The van der Waals surface area contributed by atoms with Crippen LogP contribution < -0.4 is 0 Å². The van der Waals surface area contributed by atoms with Crippen molar-refractivity contribution in [1.82, 2.24) is 28.8 Å². The Kier molecular flexibility index (Phi) is 12.0. The number of amides is 1. The Balaban J connectivity index is 1.36. The predicted octanol–water partition coefficient (Wildman–Crippen LogP) is 3.14. The van der Waals surface area contributed by atoms with Gasteiger partial charge in [-0.1, -0.05) is 6.07 Å². The van der Waals surface area contributed by atoms with Crippen LogP contribution in [0.15, 0.2) is 23.1 Å². The Bertz CT molecular complexity index is 1530. The molecule has 0 spiro atoms. The van der Waals surface area contributed by atoms with Crippen molar-refractivity contribution in [2.24, 2.45) is 0 Å². The lowest BCUT2D eigenvalue weighted by Gasteiger charge is -2.37. The van der Waals surface area contributed by atoms with Gasteiger partial charge in [0, 0.05) is 98.8 Å². The smallest absolute Gasteiger partial charge is 0.417 e. The van der Waals surface area contributed by atoms with E-state index >= 15 is 0 Å². The molecule has 0 radical (unpaired) electrons. The predicted molar refractivity (Wildman–Crippen MR) is 175 cm³/mol. The van der Waals surface area contributed by atoms with E-state index in [0.29, 0.717) is 87.8 Å². The fraction of sp³-hybridized carbons (Fsp3) is 0.677. The van der Waals surface area contributed by atoms with Gasteiger partial charge in [-0.25, -0.2) is 13.2 Å². The van der Waals surface area contributed by atoms with Gasteiger partial charge in [0.15, 0.2) is 0 Å². The lowest BCUT2D eigenvalue weighted by molar-refractivity contribution is -0.139. The van der Waals surface area contributed by atoms with E-state index < -0.39 is 34.0 Å². The fourth-order valence-corrected chi connectivity index (χ4v) is 8.69. The van der Waals surface area contributed by atoms with Crippen molar-refractivity contribution < 1.29 is 41.3 Å². The standard InChI is InChI=1S/C31H45F3N6O6S2/c1-3-39(30(42)43)23-6-9-37(10-7-23)19-24(41)20-40-27-8-11-38(48(2,44)45)21-25(27)29(35-40)22-4-5-26(31(32,33)34)28(18-22)47-17-14-36-12-15-46-16-13-36/h4-5,18,23-24,41H,3,6-17,19-21H2,1-2H3,(H,42,43). The van der Waals surface area contributed by atoms with Crippen molar-refractivity contribution in [1.29, 1.82) is 0 Å². The van der Waals surface area contributed by atoms with E-state index in [2.05, 4.69) is 9.80 Å². The van der Waals surface area contributed by atoms with Gasteiger partial charge in [0.05, 0.1) is 43.4 Å². The summed E-state index contributed by atoms with van der Waals surface area (Å²) in [5.74, 6) is 0.456. The highest BCUT2D eigenvalue weighted by Gasteiger charge is 2.35. The first-order chi connectivity index (χ1) is 22.7. The minimum absolute atomic E-state index is 0.0329. The molecule has 2 aromatic rings. The van der Waals surface area contributed by atoms with Crippen LogP contribution >= 0.6 is 11.8 Å².